The number of nitrogens with one attached hydrogen (secondary N) is 1. The van der Waals surface area contributed by atoms with Crippen molar-refractivity contribution in [2.24, 2.45) is 0 Å². The molecule has 0 spiro atoms. The molecule has 2 aliphatic heterocycles. The molecule has 9 heteroatoms. The predicted molar refractivity (Wildman–Crippen MR) is 107 cm³/mol. The van der Waals surface area contributed by atoms with Crippen molar-refractivity contribution >= 4 is 29.2 Å². The van der Waals surface area contributed by atoms with Gasteiger partial charge in [-0.1, -0.05) is 18.2 Å². The first-order valence-corrected chi connectivity index (χ1v) is 9.60. The highest BCUT2D eigenvalue weighted by molar-refractivity contribution is 5.85. The second kappa shape index (κ2) is 7.89. The number of carbonyl (C=O) groups excluding carboxylic acids is 1. The number of benzene rings is 1. The lowest BCUT2D eigenvalue weighted by Gasteiger charge is -2.32. The summed E-state index contributed by atoms with van der Waals surface area (Å²) in [4.78, 5) is 14.7. The molecule has 0 bridgehead atoms. The summed E-state index contributed by atoms with van der Waals surface area (Å²) in [6.07, 6.45) is 3.83. The lowest BCUT2D eigenvalue weighted by atomic mass is 9.95. The Bertz CT molecular complexity index is 941. The van der Waals surface area contributed by atoms with Crippen LogP contribution >= 0.6 is 12.4 Å². The van der Waals surface area contributed by atoms with E-state index in [1.165, 1.54) is 0 Å². The van der Waals surface area contributed by atoms with Gasteiger partial charge in [-0.25, -0.2) is 0 Å². The molecule has 2 aromatic heterocycles. The number of hydrogen-bond acceptors (Lipinski definition) is 5. The lowest BCUT2D eigenvalue weighted by molar-refractivity contribution is -0.133. The molecule has 148 valence electrons. The maximum Gasteiger partial charge on any atom is 0.244 e. The van der Waals surface area contributed by atoms with Crippen LogP contribution in [0.15, 0.2) is 30.5 Å². The number of nitrogens with zero attached hydrogens (tertiary/aromatic N) is 6. The summed E-state index contributed by atoms with van der Waals surface area (Å²) in [5, 5.41) is 17.6. The molecular weight excluding hydrogens is 378 g/mol. The molecule has 1 amide bonds. The van der Waals surface area contributed by atoms with Gasteiger partial charge >= 0.3 is 0 Å². The van der Waals surface area contributed by atoms with Gasteiger partial charge in [0.05, 0.1) is 12.1 Å². The Kier molecular flexibility index (Phi) is 5.32. The van der Waals surface area contributed by atoms with Crippen molar-refractivity contribution in [2.45, 2.75) is 38.4 Å². The molecule has 4 heterocycles. The van der Waals surface area contributed by atoms with E-state index in [-0.39, 0.29) is 18.3 Å². The van der Waals surface area contributed by atoms with E-state index in [4.69, 9.17) is 0 Å². The van der Waals surface area contributed by atoms with Crippen molar-refractivity contribution in [1.29, 1.82) is 0 Å². The summed E-state index contributed by atoms with van der Waals surface area (Å²) in [7, 11) is 0. The number of aromatic nitrogens is 5. The Morgan fingerprint density at radius 2 is 1.96 bits per heavy atom. The van der Waals surface area contributed by atoms with Crippen molar-refractivity contribution in [3.8, 4) is 0 Å². The fourth-order valence-electron chi connectivity index (χ4n) is 4.14. The highest BCUT2D eigenvalue weighted by Gasteiger charge is 2.28. The van der Waals surface area contributed by atoms with Gasteiger partial charge in [0, 0.05) is 43.7 Å². The Morgan fingerprint density at radius 3 is 2.79 bits per heavy atom. The van der Waals surface area contributed by atoms with E-state index in [0.29, 0.717) is 12.5 Å². The van der Waals surface area contributed by atoms with Crippen LogP contribution in [0.4, 0.5) is 0 Å². The Hall–Kier alpha value is -2.45. The largest absolute Gasteiger partial charge is 0.341 e. The summed E-state index contributed by atoms with van der Waals surface area (Å²) in [5.74, 6) is 2.65. The van der Waals surface area contributed by atoms with Crippen molar-refractivity contribution in [3.05, 3.63) is 42.1 Å². The van der Waals surface area contributed by atoms with Gasteiger partial charge in [-0.2, -0.15) is 5.10 Å². The molecule has 0 saturated carbocycles. The van der Waals surface area contributed by atoms with Crippen LogP contribution in [-0.2, 0) is 24.4 Å². The van der Waals surface area contributed by atoms with Gasteiger partial charge in [0.15, 0.2) is 0 Å². The number of halogens is 1. The van der Waals surface area contributed by atoms with E-state index in [1.807, 2.05) is 35.4 Å². The fourth-order valence-corrected chi connectivity index (χ4v) is 4.14. The summed E-state index contributed by atoms with van der Waals surface area (Å²) in [6.45, 7) is 4.53. The Labute approximate surface area is 169 Å². The molecule has 1 N–H and O–H groups in total. The first-order valence-electron chi connectivity index (χ1n) is 9.60. The zero-order valence-corrected chi connectivity index (χ0v) is 16.4. The molecule has 28 heavy (non-hydrogen) atoms. The van der Waals surface area contributed by atoms with E-state index >= 15 is 0 Å². The van der Waals surface area contributed by atoms with Crippen LogP contribution in [0.3, 0.4) is 0 Å². The molecule has 1 fully saturated rings. The summed E-state index contributed by atoms with van der Waals surface area (Å²) in [5.41, 5.74) is 0.926. The van der Waals surface area contributed by atoms with E-state index in [1.54, 1.807) is 4.68 Å². The molecule has 1 saturated heterocycles. The normalized spacial score (nSPS) is 17.4. The smallest absolute Gasteiger partial charge is 0.244 e. The summed E-state index contributed by atoms with van der Waals surface area (Å²) in [6, 6.07) is 7.94. The fraction of sp³-hybridized carbons (Fsp3) is 0.474. The monoisotopic (exact) mass is 401 g/mol. The van der Waals surface area contributed by atoms with E-state index in [9.17, 15) is 4.79 Å². The van der Waals surface area contributed by atoms with Crippen LogP contribution < -0.4 is 5.32 Å². The number of amides is 1. The molecule has 2 aliphatic rings. The SMILES string of the molecule is Cl.O=C(Cn1cc2ccccc2n1)N1CCC(c2nnc3n2CCNC3)CC1. The predicted octanol–water partition coefficient (Wildman–Crippen LogP) is 1.56. The topological polar surface area (TPSA) is 80.9 Å². The third-order valence-electron chi connectivity index (χ3n) is 5.62. The zero-order valence-electron chi connectivity index (χ0n) is 15.6. The second-order valence-corrected chi connectivity index (χ2v) is 7.34. The second-order valence-electron chi connectivity index (χ2n) is 7.34. The molecule has 0 radical (unpaired) electrons. The van der Waals surface area contributed by atoms with Crippen LogP contribution in [0.25, 0.3) is 10.9 Å². The van der Waals surface area contributed by atoms with Crippen LogP contribution in [0.2, 0.25) is 0 Å². The first-order chi connectivity index (χ1) is 13.3. The molecule has 3 aromatic rings. The first kappa shape index (κ1) is 18.9. The minimum Gasteiger partial charge on any atom is -0.341 e. The van der Waals surface area contributed by atoms with Gasteiger partial charge in [0.25, 0.3) is 0 Å². The average molecular weight is 402 g/mol. The Morgan fingerprint density at radius 1 is 1.14 bits per heavy atom. The maximum absolute atomic E-state index is 12.7. The molecule has 0 unspecified atom stereocenters. The summed E-state index contributed by atoms with van der Waals surface area (Å²) >= 11 is 0. The number of hydrogen-bond donors (Lipinski definition) is 1. The number of likely N-dealkylation sites (tertiary alicyclic amines) is 1. The third kappa shape index (κ3) is 3.49. The quantitative estimate of drug-likeness (QED) is 0.720. The van der Waals surface area contributed by atoms with Gasteiger partial charge in [-0.3, -0.25) is 9.48 Å². The van der Waals surface area contributed by atoms with Crippen molar-refractivity contribution in [2.75, 3.05) is 19.6 Å². The van der Waals surface area contributed by atoms with E-state index in [2.05, 4.69) is 25.2 Å². The van der Waals surface area contributed by atoms with Crippen molar-refractivity contribution in [3.63, 3.8) is 0 Å². The van der Waals surface area contributed by atoms with E-state index in [0.717, 1.165) is 68.1 Å². The van der Waals surface area contributed by atoms with Gasteiger partial charge in [-0.05, 0) is 18.9 Å². The Balaban J connectivity index is 0.00000192. The number of carbonyl (C=O) groups is 1. The van der Waals surface area contributed by atoms with Gasteiger partial charge in [0.1, 0.15) is 18.2 Å². The molecule has 0 aliphatic carbocycles. The molecule has 0 atom stereocenters. The minimum absolute atomic E-state index is 0. The minimum atomic E-state index is 0. The lowest BCUT2D eigenvalue weighted by Crippen LogP contribution is -2.40. The van der Waals surface area contributed by atoms with Crippen molar-refractivity contribution < 1.29 is 4.79 Å². The van der Waals surface area contributed by atoms with E-state index < -0.39 is 0 Å². The van der Waals surface area contributed by atoms with Crippen LogP contribution in [-0.4, -0.2) is 55.0 Å². The van der Waals surface area contributed by atoms with Crippen LogP contribution in [0, 0.1) is 0 Å². The van der Waals surface area contributed by atoms with Gasteiger partial charge in [0.2, 0.25) is 5.91 Å². The molecule has 5 rings (SSSR count). The molecular formula is C19H24ClN7O. The molecule has 1 aromatic carbocycles. The highest BCUT2D eigenvalue weighted by Crippen LogP contribution is 2.28. The van der Waals surface area contributed by atoms with Crippen molar-refractivity contribution in [1.82, 2.24) is 34.8 Å². The standard InChI is InChI=1S/C19H23N7O.ClH/c27-18(13-25-12-15-3-1-2-4-16(15)23-25)24-8-5-14(6-9-24)19-22-21-17-11-20-7-10-26(17)19;/h1-4,12,14,20H,5-11,13H2;1H. The van der Waals surface area contributed by atoms with Crippen LogP contribution in [0.1, 0.15) is 30.4 Å². The zero-order chi connectivity index (χ0) is 18.2. The maximum atomic E-state index is 12.7. The average Bonchev–Trinajstić information content (AvgIpc) is 3.31. The molecule has 8 nitrogen and oxygen atoms in total. The number of rotatable bonds is 3. The summed E-state index contributed by atoms with van der Waals surface area (Å²) < 4.78 is 4.01. The van der Waals surface area contributed by atoms with Gasteiger partial charge in [-0.15, -0.1) is 22.6 Å². The van der Waals surface area contributed by atoms with Crippen LogP contribution in [0.5, 0.6) is 0 Å². The number of fused-ring (bicyclic) bond motifs is 2. The van der Waals surface area contributed by atoms with Gasteiger partial charge < -0.3 is 14.8 Å². The number of piperidine rings is 1. The highest BCUT2D eigenvalue weighted by atomic mass is 35.5. The third-order valence-corrected chi connectivity index (χ3v) is 5.62.